The number of nitrogens with one attached hydrogen (secondary N) is 2. The molecule has 1 saturated heterocycles. The highest BCUT2D eigenvalue weighted by molar-refractivity contribution is 7.52. The highest BCUT2D eigenvalue weighted by atomic mass is 31.2. The van der Waals surface area contributed by atoms with E-state index in [1.54, 1.807) is 51.1 Å². The van der Waals surface area contributed by atoms with Gasteiger partial charge in [-0.15, -0.1) is 0 Å². The lowest BCUT2D eigenvalue weighted by Crippen LogP contribution is -2.41. The monoisotopic (exact) mass is 497 g/mol. The van der Waals surface area contributed by atoms with Crippen LogP contribution in [0.2, 0.25) is 0 Å². The lowest BCUT2D eigenvalue weighted by atomic mass is 10.1. The highest BCUT2D eigenvalue weighted by Gasteiger charge is 2.38. The molecule has 1 aromatic heterocycles. The first kappa shape index (κ1) is 25.9. The van der Waals surface area contributed by atoms with E-state index in [1.807, 2.05) is 0 Å². The maximum Gasteiger partial charge on any atom is 0.459 e. The number of aromatic amines is 1. The number of para-hydroxylation sites is 1. The van der Waals surface area contributed by atoms with Gasteiger partial charge < -0.3 is 18.7 Å². The minimum Gasteiger partial charge on any atom is -0.468 e. The summed E-state index contributed by atoms with van der Waals surface area (Å²) in [6.07, 6.45) is -0.445. The fraction of sp³-hybridized carbons (Fsp3) is 0.476. The molecule has 12 nitrogen and oxygen atoms in total. The van der Waals surface area contributed by atoms with Crippen LogP contribution in [0.1, 0.15) is 25.6 Å². The zero-order valence-corrected chi connectivity index (χ0v) is 20.2. The van der Waals surface area contributed by atoms with Crippen molar-refractivity contribution in [3.05, 3.63) is 62.9 Å². The van der Waals surface area contributed by atoms with E-state index >= 15 is 0 Å². The summed E-state index contributed by atoms with van der Waals surface area (Å²) in [6.45, 7) is 4.71. The van der Waals surface area contributed by atoms with Gasteiger partial charge in [0, 0.05) is 11.8 Å². The number of aromatic nitrogens is 2. The van der Waals surface area contributed by atoms with E-state index in [9.17, 15) is 18.9 Å². The second-order valence-corrected chi connectivity index (χ2v) is 9.60. The second-order valence-electron chi connectivity index (χ2n) is 7.90. The third-order valence-electron chi connectivity index (χ3n) is 4.96. The van der Waals surface area contributed by atoms with Gasteiger partial charge in [-0.3, -0.25) is 23.7 Å². The van der Waals surface area contributed by atoms with E-state index in [1.165, 1.54) is 17.9 Å². The van der Waals surface area contributed by atoms with E-state index in [0.717, 1.165) is 0 Å². The Hall–Kier alpha value is -2.76. The largest absolute Gasteiger partial charge is 0.468 e. The minimum atomic E-state index is -4.11. The van der Waals surface area contributed by atoms with Crippen molar-refractivity contribution < 1.29 is 32.6 Å². The first-order chi connectivity index (χ1) is 16.1. The quantitative estimate of drug-likeness (QED) is 0.367. The minimum absolute atomic E-state index is 0.00648. The maximum atomic E-state index is 13.6. The SMILES string of the molecule is COC(=O)[C@@H](NP(=O)(OC[C@@H]1OC[C@H](n2cc(C)c(=O)[nH]c2=O)O1)Oc1ccccc1)C(C)C. The van der Waals surface area contributed by atoms with E-state index in [0.29, 0.717) is 5.56 Å². The molecule has 0 spiro atoms. The molecule has 1 fully saturated rings. The summed E-state index contributed by atoms with van der Waals surface area (Å²) in [4.78, 5) is 38.1. The average molecular weight is 497 g/mol. The number of H-pyrrole nitrogens is 1. The van der Waals surface area contributed by atoms with Gasteiger partial charge in [0.05, 0.1) is 13.7 Å². The molecule has 0 saturated carbocycles. The summed E-state index contributed by atoms with van der Waals surface area (Å²) in [5.74, 6) is -0.661. The van der Waals surface area contributed by atoms with Crippen molar-refractivity contribution in [3.8, 4) is 5.75 Å². The summed E-state index contributed by atoms with van der Waals surface area (Å²) in [6, 6.07) is 7.35. The van der Waals surface area contributed by atoms with Crippen molar-refractivity contribution in [2.75, 3.05) is 20.3 Å². The molecule has 1 aliphatic heterocycles. The van der Waals surface area contributed by atoms with Crippen LogP contribution in [0.5, 0.6) is 5.75 Å². The van der Waals surface area contributed by atoms with Crippen LogP contribution in [-0.4, -0.2) is 48.2 Å². The Morgan fingerprint density at radius 2 is 2.00 bits per heavy atom. The Morgan fingerprint density at radius 1 is 1.29 bits per heavy atom. The van der Waals surface area contributed by atoms with Crippen LogP contribution in [0.4, 0.5) is 0 Å². The molecule has 2 N–H and O–H groups in total. The van der Waals surface area contributed by atoms with Crippen LogP contribution in [0.25, 0.3) is 0 Å². The molecule has 1 unspecified atom stereocenters. The fourth-order valence-corrected chi connectivity index (χ4v) is 4.76. The van der Waals surface area contributed by atoms with Crippen LogP contribution in [0.15, 0.2) is 46.1 Å². The number of rotatable bonds is 10. The second kappa shape index (κ2) is 11.1. The predicted octanol–water partition coefficient (Wildman–Crippen LogP) is 1.71. The number of esters is 1. The Kier molecular flexibility index (Phi) is 8.45. The first-order valence-electron chi connectivity index (χ1n) is 10.6. The van der Waals surface area contributed by atoms with Gasteiger partial charge >= 0.3 is 19.4 Å². The Morgan fingerprint density at radius 3 is 2.65 bits per heavy atom. The van der Waals surface area contributed by atoms with Crippen LogP contribution in [-0.2, 0) is 28.1 Å². The smallest absolute Gasteiger partial charge is 0.459 e. The van der Waals surface area contributed by atoms with Crippen molar-refractivity contribution in [1.29, 1.82) is 0 Å². The number of nitrogens with zero attached hydrogens (tertiary/aromatic N) is 1. The van der Waals surface area contributed by atoms with E-state index in [-0.39, 0.29) is 24.9 Å². The number of aryl methyl sites for hydroxylation is 1. The Bertz CT molecular complexity index is 1150. The molecule has 1 aromatic carbocycles. The molecule has 0 aliphatic carbocycles. The zero-order valence-electron chi connectivity index (χ0n) is 19.3. The molecule has 34 heavy (non-hydrogen) atoms. The van der Waals surface area contributed by atoms with Gasteiger partial charge in [-0.25, -0.2) is 9.36 Å². The fourth-order valence-electron chi connectivity index (χ4n) is 3.12. The summed E-state index contributed by atoms with van der Waals surface area (Å²) >= 11 is 0. The third kappa shape index (κ3) is 6.43. The Balaban J connectivity index is 1.73. The van der Waals surface area contributed by atoms with Crippen LogP contribution in [0, 0.1) is 12.8 Å². The van der Waals surface area contributed by atoms with Crippen LogP contribution in [0.3, 0.4) is 0 Å². The highest BCUT2D eigenvalue weighted by Crippen LogP contribution is 2.46. The molecule has 2 aromatic rings. The van der Waals surface area contributed by atoms with Crippen molar-refractivity contribution in [2.45, 2.75) is 39.3 Å². The predicted molar refractivity (Wildman–Crippen MR) is 120 cm³/mol. The van der Waals surface area contributed by atoms with Crippen molar-refractivity contribution >= 4 is 13.7 Å². The molecule has 0 radical (unpaired) electrons. The van der Waals surface area contributed by atoms with Gasteiger partial charge in [0.1, 0.15) is 18.4 Å². The summed E-state index contributed by atoms with van der Waals surface area (Å²) in [7, 11) is -2.89. The van der Waals surface area contributed by atoms with Crippen LogP contribution >= 0.6 is 7.75 Å². The van der Waals surface area contributed by atoms with E-state index in [4.69, 9.17) is 23.3 Å². The topological polar surface area (TPSA) is 147 Å². The number of benzene rings is 1. The number of hydrogen-bond acceptors (Lipinski definition) is 9. The van der Waals surface area contributed by atoms with Gasteiger partial charge in [-0.1, -0.05) is 32.0 Å². The molecule has 13 heteroatoms. The van der Waals surface area contributed by atoms with Crippen molar-refractivity contribution in [3.63, 3.8) is 0 Å². The van der Waals surface area contributed by atoms with Crippen molar-refractivity contribution in [1.82, 2.24) is 14.6 Å². The van der Waals surface area contributed by atoms with E-state index < -0.39 is 43.5 Å². The molecule has 0 amide bonds. The lowest BCUT2D eigenvalue weighted by molar-refractivity contribution is -0.143. The molecule has 1 aliphatic rings. The molecule has 0 bridgehead atoms. The lowest BCUT2D eigenvalue weighted by Gasteiger charge is -2.26. The summed E-state index contributed by atoms with van der Waals surface area (Å²) in [5, 5.41) is 2.65. The van der Waals surface area contributed by atoms with Crippen LogP contribution < -0.4 is 20.9 Å². The molecule has 4 atom stereocenters. The summed E-state index contributed by atoms with van der Waals surface area (Å²) in [5.41, 5.74) is -0.811. The van der Waals surface area contributed by atoms with Gasteiger partial charge in [-0.2, -0.15) is 5.09 Å². The van der Waals surface area contributed by atoms with Gasteiger partial charge in [-0.05, 0) is 25.0 Å². The number of carbonyl (C=O) groups is 1. The molecular weight excluding hydrogens is 469 g/mol. The number of carbonyl (C=O) groups excluding carboxylic acids is 1. The molecule has 2 heterocycles. The molecular formula is C21H28N3O9P. The van der Waals surface area contributed by atoms with Gasteiger partial charge in [0.15, 0.2) is 12.5 Å². The standard InChI is InChI=1S/C21H28N3O9P/c1-13(2)18(20(26)29-4)23-34(28,33-15-8-6-5-7-9-15)31-12-17-30-11-16(32-17)24-10-14(3)19(25)22-21(24)27/h5-10,13,16-18H,11-12H2,1-4H3,(H,23,28)(H,22,25,27)/t16-,17-,18+,34?/m1/s1. The zero-order chi connectivity index (χ0) is 24.9. The summed E-state index contributed by atoms with van der Waals surface area (Å²) < 4.78 is 42.0. The van der Waals surface area contributed by atoms with Crippen molar-refractivity contribution in [2.24, 2.45) is 5.92 Å². The Labute approximate surface area is 195 Å². The van der Waals surface area contributed by atoms with Gasteiger partial charge in [0.2, 0.25) is 0 Å². The molecule has 186 valence electrons. The number of hydrogen-bond donors (Lipinski definition) is 2. The van der Waals surface area contributed by atoms with E-state index in [2.05, 4.69) is 10.1 Å². The average Bonchev–Trinajstić information content (AvgIpc) is 3.27. The number of methoxy groups -OCH3 is 1. The third-order valence-corrected chi connectivity index (χ3v) is 6.49. The first-order valence-corrected chi connectivity index (χ1v) is 12.1. The molecule has 3 rings (SSSR count). The normalized spacial score (nSPS) is 20.6. The number of ether oxygens (including phenoxy) is 3. The van der Waals surface area contributed by atoms with Gasteiger partial charge in [0.25, 0.3) is 5.56 Å². The maximum absolute atomic E-state index is 13.6.